The molecule has 0 aromatic carbocycles. The van der Waals surface area contributed by atoms with Crippen LogP contribution in [0.1, 0.15) is 194 Å². The van der Waals surface area contributed by atoms with E-state index in [1.54, 1.807) is 0 Å². The zero-order chi connectivity index (χ0) is 41.9. The van der Waals surface area contributed by atoms with Gasteiger partial charge in [0.05, 0.1) is 19.8 Å². The highest BCUT2D eigenvalue weighted by Crippen LogP contribution is 2.43. The number of ether oxygens (including phenoxy) is 2. The summed E-state index contributed by atoms with van der Waals surface area (Å²) in [6, 6.07) is 0. The minimum Gasteiger partial charge on any atom is -0.462 e. The van der Waals surface area contributed by atoms with Gasteiger partial charge in [-0.2, -0.15) is 0 Å². The highest BCUT2D eigenvalue weighted by Gasteiger charge is 2.27. The lowest BCUT2D eigenvalue weighted by Gasteiger charge is -2.20. The van der Waals surface area contributed by atoms with Gasteiger partial charge < -0.3 is 24.6 Å². The van der Waals surface area contributed by atoms with Crippen LogP contribution in [0.25, 0.3) is 0 Å². The second-order valence-corrected chi connectivity index (χ2v) is 16.5. The number of phosphoric acid groups is 1. The van der Waals surface area contributed by atoms with E-state index in [1.807, 2.05) is 0 Å². The average molecular weight is 827 g/mol. The number of unbranched alkanes of at least 4 members (excludes halogenated alkanes) is 20. The zero-order valence-corrected chi connectivity index (χ0v) is 36.9. The van der Waals surface area contributed by atoms with Gasteiger partial charge in [0.2, 0.25) is 0 Å². The fourth-order valence-corrected chi connectivity index (χ4v) is 6.72. The number of hydrogen-bond donors (Lipinski definition) is 3. The number of hydrogen-bond acceptors (Lipinski definition) is 9. The molecule has 0 aliphatic heterocycles. The minimum absolute atomic E-state index is 0.173. The zero-order valence-electron chi connectivity index (χ0n) is 36.0. The Bertz CT molecular complexity index is 1090. The van der Waals surface area contributed by atoms with Gasteiger partial charge in [-0.3, -0.25) is 18.6 Å². The van der Waals surface area contributed by atoms with Gasteiger partial charge in [0, 0.05) is 12.8 Å². The van der Waals surface area contributed by atoms with Gasteiger partial charge in [0.1, 0.15) is 12.7 Å². The van der Waals surface area contributed by atoms with Gasteiger partial charge in [-0.1, -0.05) is 152 Å². The van der Waals surface area contributed by atoms with Gasteiger partial charge >= 0.3 is 19.8 Å². The topological polar surface area (TPSA) is 149 Å². The normalized spacial score (nSPS) is 14.3. The second kappa shape index (κ2) is 42.1. The monoisotopic (exact) mass is 827 g/mol. The molecule has 10 nitrogen and oxygen atoms in total. The summed E-state index contributed by atoms with van der Waals surface area (Å²) in [5.41, 5.74) is 0. The molecule has 0 rings (SSSR count). The van der Waals surface area contributed by atoms with Gasteiger partial charge in [0.15, 0.2) is 6.10 Å². The fourth-order valence-electron chi connectivity index (χ4n) is 5.94. The van der Waals surface area contributed by atoms with Crippen LogP contribution >= 0.6 is 7.82 Å². The largest absolute Gasteiger partial charge is 0.472 e. The quantitative estimate of drug-likeness (QED) is 0.0235. The van der Waals surface area contributed by atoms with Crippen molar-refractivity contribution in [1.29, 1.82) is 0 Å². The first kappa shape index (κ1) is 54.9. The van der Waals surface area contributed by atoms with Crippen LogP contribution in [-0.2, 0) is 32.7 Å². The number of carbonyl (C=O) groups excluding carboxylic acids is 2. The van der Waals surface area contributed by atoms with Crippen molar-refractivity contribution in [3.63, 3.8) is 0 Å². The minimum atomic E-state index is -4.63. The van der Waals surface area contributed by atoms with Crippen molar-refractivity contribution >= 4 is 19.8 Å². The SMILES string of the molecule is CCCCC/C=C/C/C=C/C/C=C/CCCCC(=O)OC[C@H](COP(=O)(O)OC[C@@H](O)CO)OC(=O)CCCCCCCCCCC/C=C/CCCCCCCC. The van der Waals surface area contributed by atoms with Crippen LogP contribution in [-0.4, -0.2) is 65.7 Å². The maximum Gasteiger partial charge on any atom is 0.472 e. The van der Waals surface area contributed by atoms with Crippen LogP contribution in [0.15, 0.2) is 48.6 Å². The van der Waals surface area contributed by atoms with Crippen molar-refractivity contribution in [3.05, 3.63) is 48.6 Å². The molecular formula is C46H83O10P. The predicted octanol–water partition coefficient (Wildman–Crippen LogP) is 12.1. The number of phosphoric ester groups is 1. The van der Waals surface area contributed by atoms with Crippen molar-refractivity contribution in [2.45, 2.75) is 206 Å². The van der Waals surface area contributed by atoms with Crippen LogP contribution in [0.5, 0.6) is 0 Å². The molecule has 0 aromatic rings. The van der Waals surface area contributed by atoms with Crippen LogP contribution in [0.4, 0.5) is 0 Å². The van der Waals surface area contributed by atoms with Crippen molar-refractivity contribution in [3.8, 4) is 0 Å². The highest BCUT2D eigenvalue weighted by molar-refractivity contribution is 7.47. The molecule has 0 heterocycles. The summed E-state index contributed by atoms with van der Waals surface area (Å²) in [6.45, 7) is 2.31. The molecular weight excluding hydrogens is 743 g/mol. The second-order valence-electron chi connectivity index (χ2n) is 15.1. The summed E-state index contributed by atoms with van der Waals surface area (Å²) in [4.78, 5) is 35.0. The van der Waals surface area contributed by atoms with E-state index in [0.29, 0.717) is 12.8 Å². The third kappa shape index (κ3) is 41.9. The van der Waals surface area contributed by atoms with Crippen molar-refractivity contribution < 1.29 is 47.8 Å². The maximum atomic E-state index is 12.6. The molecule has 0 aliphatic rings. The number of esters is 2. The van der Waals surface area contributed by atoms with Crippen LogP contribution in [0.2, 0.25) is 0 Å². The predicted molar refractivity (Wildman–Crippen MR) is 233 cm³/mol. The lowest BCUT2D eigenvalue weighted by molar-refractivity contribution is -0.161. The Labute approximate surface area is 347 Å². The average Bonchev–Trinajstić information content (AvgIpc) is 3.20. The van der Waals surface area contributed by atoms with Gasteiger partial charge in [-0.05, 0) is 77.0 Å². The Morgan fingerprint density at radius 2 is 0.912 bits per heavy atom. The fraction of sp³-hybridized carbons (Fsp3) is 0.783. The maximum absolute atomic E-state index is 12.6. The molecule has 57 heavy (non-hydrogen) atoms. The molecule has 332 valence electrons. The highest BCUT2D eigenvalue weighted by atomic mass is 31.2. The van der Waals surface area contributed by atoms with E-state index in [9.17, 15) is 24.2 Å². The molecule has 3 atom stereocenters. The van der Waals surface area contributed by atoms with Gasteiger partial charge in [-0.25, -0.2) is 4.57 Å². The number of aliphatic hydroxyl groups is 2. The molecule has 0 bridgehead atoms. The Balaban J connectivity index is 4.32. The first-order chi connectivity index (χ1) is 27.7. The molecule has 11 heteroatoms. The molecule has 0 aromatic heterocycles. The standard InChI is InChI=1S/C46H83O10P/c1-3-5-7-9-11-13-15-17-19-20-21-22-24-26-28-30-32-34-36-38-46(50)56-44(42-55-57(51,52)54-40-43(48)39-47)41-53-45(49)37-35-33-31-29-27-25-23-18-16-14-12-10-8-6-4-2/h12,14,17-19,23,27,29,43-44,47-48H,3-11,13,15-16,20-22,24-26,28,30-42H2,1-2H3,(H,51,52)/b14-12+,19-17+,23-18+,29-27+/t43-,44+/m0/s1. The molecule has 0 saturated heterocycles. The Hall–Kier alpha value is -2.07. The Kier molecular flexibility index (Phi) is 40.5. The molecule has 0 aliphatic carbocycles. The van der Waals surface area contributed by atoms with E-state index in [1.165, 1.54) is 103 Å². The van der Waals surface area contributed by atoms with E-state index < -0.39 is 51.8 Å². The molecule has 0 spiro atoms. The molecule has 0 saturated carbocycles. The Morgan fingerprint density at radius 3 is 1.46 bits per heavy atom. The van der Waals surface area contributed by atoms with Crippen molar-refractivity contribution in [1.82, 2.24) is 0 Å². The number of allylic oxidation sites excluding steroid dienone is 8. The van der Waals surface area contributed by atoms with Crippen molar-refractivity contribution in [2.24, 2.45) is 0 Å². The summed E-state index contributed by atoms with van der Waals surface area (Å²) in [6.07, 6.45) is 45.1. The van der Waals surface area contributed by atoms with E-state index in [2.05, 4.69) is 67.0 Å². The van der Waals surface area contributed by atoms with Crippen LogP contribution < -0.4 is 0 Å². The lowest BCUT2D eigenvalue weighted by atomic mass is 10.1. The van der Waals surface area contributed by atoms with Crippen molar-refractivity contribution in [2.75, 3.05) is 26.4 Å². The molecule has 3 N–H and O–H groups in total. The van der Waals surface area contributed by atoms with Gasteiger partial charge in [0.25, 0.3) is 0 Å². The summed E-state index contributed by atoms with van der Waals surface area (Å²) in [5, 5.41) is 18.3. The molecule has 0 radical (unpaired) electrons. The molecule has 0 fully saturated rings. The van der Waals surface area contributed by atoms with Gasteiger partial charge in [-0.15, -0.1) is 0 Å². The number of carbonyl (C=O) groups is 2. The Morgan fingerprint density at radius 1 is 0.526 bits per heavy atom. The van der Waals surface area contributed by atoms with E-state index in [0.717, 1.165) is 51.4 Å². The summed E-state index contributed by atoms with van der Waals surface area (Å²) >= 11 is 0. The summed E-state index contributed by atoms with van der Waals surface area (Å²) in [5.74, 6) is -0.971. The lowest BCUT2D eigenvalue weighted by Crippen LogP contribution is -2.29. The van der Waals surface area contributed by atoms with E-state index in [-0.39, 0.29) is 19.4 Å². The summed E-state index contributed by atoms with van der Waals surface area (Å²) < 4.78 is 32.7. The van der Waals surface area contributed by atoms with Crippen LogP contribution in [0, 0.1) is 0 Å². The summed E-state index contributed by atoms with van der Waals surface area (Å²) in [7, 11) is -4.63. The van der Waals surface area contributed by atoms with E-state index in [4.69, 9.17) is 19.1 Å². The molecule has 1 unspecified atom stereocenters. The first-order valence-electron chi connectivity index (χ1n) is 22.6. The molecule has 0 amide bonds. The number of rotatable bonds is 42. The number of aliphatic hydroxyl groups excluding tert-OH is 2. The van der Waals surface area contributed by atoms with E-state index >= 15 is 0 Å². The smallest absolute Gasteiger partial charge is 0.462 e. The first-order valence-corrected chi connectivity index (χ1v) is 24.1. The van der Waals surface area contributed by atoms with Crippen LogP contribution in [0.3, 0.4) is 0 Å². The third-order valence-electron chi connectivity index (χ3n) is 9.46. The third-order valence-corrected chi connectivity index (χ3v) is 10.4.